The minimum atomic E-state index is -0.295. The van der Waals surface area contributed by atoms with Gasteiger partial charge in [-0.05, 0) is 70.1 Å². The van der Waals surface area contributed by atoms with Crippen molar-refractivity contribution in [1.29, 1.82) is 0 Å². The highest BCUT2D eigenvalue weighted by molar-refractivity contribution is 7.16. The zero-order valence-corrected chi connectivity index (χ0v) is 19.1. The van der Waals surface area contributed by atoms with E-state index in [1.165, 1.54) is 17.4 Å². The maximum Gasteiger partial charge on any atom is 0.308 e. The molecule has 1 N–H and O–H groups in total. The predicted molar refractivity (Wildman–Crippen MR) is 125 cm³/mol. The highest BCUT2D eigenvalue weighted by Crippen LogP contribution is 2.27. The molecule has 5 nitrogen and oxygen atoms in total. The molecule has 31 heavy (non-hydrogen) atoms. The Morgan fingerprint density at radius 3 is 2.68 bits per heavy atom. The Bertz CT molecular complexity index is 1150. The number of anilines is 1. The summed E-state index contributed by atoms with van der Waals surface area (Å²) in [5.74, 6) is -0.406. The summed E-state index contributed by atoms with van der Waals surface area (Å²) in [6, 6.07) is 10.4. The maximum absolute atomic E-state index is 14.0. The molecule has 1 aromatic heterocycles. The van der Waals surface area contributed by atoms with Crippen LogP contribution in [0.3, 0.4) is 0 Å². The van der Waals surface area contributed by atoms with Gasteiger partial charge in [0.1, 0.15) is 5.82 Å². The first-order chi connectivity index (χ1) is 14.8. The van der Waals surface area contributed by atoms with E-state index in [4.69, 9.17) is 11.6 Å². The number of carbonyl (C=O) groups excluding carboxylic acids is 1. The van der Waals surface area contributed by atoms with Gasteiger partial charge in [-0.2, -0.15) is 0 Å². The number of thiazole rings is 1. The predicted octanol–water partition coefficient (Wildman–Crippen LogP) is 5.29. The van der Waals surface area contributed by atoms with E-state index in [2.05, 4.69) is 10.2 Å². The smallest absolute Gasteiger partial charge is 0.308 e. The third-order valence-corrected chi connectivity index (χ3v) is 7.07. The zero-order valence-electron chi connectivity index (χ0n) is 17.5. The van der Waals surface area contributed by atoms with Crippen molar-refractivity contribution in [3.05, 3.63) is 62.5 Å². The Labute approximate surface area is 189 Å². The quantitative estimate of drug-likeness (QED) is 0.561. The number of amides is 1. The highest BCUT2D eigenvalue weighted by atomic mass is 35.5. The van der Waals surface area contributed by atoms with Gasteiger partial charge in [0.25, 0.3) is 0 Å². The summed E-state index contributed by atoms with van der Waals surface area (Å²) >= 11 is 7.33. The first-order valence-electron chi connectivity index (χ1n) is 10.4. The minimum absolute atomic E-state index is 0.0100. The fourth-order valence-electron chi connectivity index (χ4n) is 4.11. The van der Waals surface area contributed by atoms with Gasteiger partial charge in [0.05, 0.1) is 10.2 Å². The molecule has 0 spiro atoms. The van der Waals surface area contributed by atoms with Crippen molar-refractivity contribution >= 4 is 44.7 Å². The summed E-state index contributed by atoms with van der Waals surface area (Å²) in [4.78, 5) is 27.1. The molecule has 1 saturated heterocycles. The lowest BCUT2D eigenvalue weighted by molar-refractivity contribution is -0.121. The van der Waals surface area contributed by atoms with E-state index in [0.717, 1.165) is 10.2 Å². The molecule has 0 aliphatic carbocycles. The Balaban J connectivity index is 1.37. The maximum atomic E-state index is 14.0. The van der Waals surface area contributed by atoms with Crippen LogP contribution in [-0.4, -0.2) is 28.5 Å². The highest BCUT2D eigenvalue weighted by Gasteiger charge is 2.26. The average molecular weight is 462 g/mol. The molecule has 3 aromatic rings. The Morgan fingerprint density at radius 2 is 2.00 bits per heavy atom. The number of nitrogens with one attached hydrogen (secondary N) is 1. The van der Waals surface area contributed by atoms with Crippen LogP contribution in [0, 0.1) is 11.7 Å². The van der Waals surface area contributed by atoms with Crippen LogP contribution >= 0.6 is 22.9 Å². The summed E-state index contributed by atoms with van der Waals surface area (Å²) in [5, 5.41) is 3.44. The second kappa shape index (κ2) is 9.10. The van der Waals surface area contributed by atoms with E-state index >= 15 is 0 Å². The number of hydrogen-bond donors (Lipinski definition) is 1. The van der Waals surface area contributed by atoms with E-state index < -0.39 is 0 Å². The molecular formula is C23H25ClFN3O2S. The fraction of sp³-hybridized carbons (Fsp3) is 0.391. The number of hydrogen-bond acceptors (Lipinski definition) is 4. The van der Waals surface area contributed by atoms with Gasteiger partial charge >= 0.3 is 4.87 Å². The SMILES string of the molecule is CC(C)n1c(=O)sc2cc(NC(=O)C3CCN(Cc4c(F)cccc4Cl)CC3)ccc21. The third kappa shape index (κ3) is 4.68. The van der Waals surface area contributed by atoms with Crippen LogP contribution < -0.4 is 10.2 Å². The largest absolute Gasteiger partial charge is 0.326 e. The zero-order chi connectivity index (χ0) is 22.1. The first kappa shape index (κ1) is 22.0. The summed E-state index contributed by atoms with van der Waals surface area (Å²) < 4.78 is 16.7. The lowest BCUT2D eigenvalue weighted by atomic mass is 9.95. The van der Waals surface area contributed by atoms with Gasteiger partial charge in [0.2, 0.25) is 5.91 Å². The Morgan fingerprint density at radius 1 is 1.26 bits per heavy atom. The van der Waals surface area contributed by atoms with Crippen LogP contribution in [0.25, 0.3) is 10.2 Å². The lowest BCUT2D eigenvalue weighted by Gasteiger charge is -2.31. The van der Waals surface area contributed by atoms with E-state index in [0.29, 0.717) is 48.7 Å². The number of aromatic nitrogens is 1. The monoisotopic (exact) mass is 461 g/mol. The molecular weight excluding hydrogens is 437 g/mol. The number of benzene rings is 2. The van der Waals surface area contributed by atoms with Crippen molar-refractivity contribution in [2.75, 3.05) is 18.4 Å². The standard InChI is InChI=1S/C23H25ClFN3O2S/c1-14(2)28-20-7-6-16(12-21(20)31-23(28)30)26-22(29)15-8-10-27(11-9-15)13-17-18(24)4-3-5-19(17)25/h3-7,12,14-15H,8-11,13H2,1-2H3,(H,26,29). The van der Waals surface area contributed by atoms with E-state index in [9.17, 15) is 14.0 Å². The second-order valence-electron chi connectivity index (χ2n) is 8.25. The average Bonchev–Trinajstić information content (AvgIpc) is 3.06. The topological polar surface area (TPSA) is 54.3 Å². The molecule has 8 heteroatoms. The number of halogens is 2. The number of rotatable bonds is 5. The van der Waals surface area contributed by atoms with Crippen LogP contribution in [0.4, 0.5) is 10.1 Å². The van der Waals surface area contributed by atoms with Crippen molar-refractivity contribution in [3.63, 3.8) is 0 Å². The van der Waals surface area contributed by atoms with Crippen molar-refractivity contribution in [1.82, 2.24) is 9.47 Å². The van der Waals surface area contributed by atoms with Crippen LogP contribution in [0.5, 0.6) is 0 Å². The van der Waals surface area contributed by atoms with Crippen molar-refractivity contribution in [2.45, 2.75) is 39.3 Å². The minimum Gasteiger partial charge on any atom is -0.326 e. The summed E-state index contributed by atoms with van der Waals surface area (Å²) in [6.45, 7) is 5.83. The molecule has 1 aliphatic rings. The van der Waals surface area contributed by atoms with E-state index in [1.54, 1.807) is 16.7 Å². The molecule has 2 heterocycles. The number of carbonyl (C=O) groups is 1. The normalized spacial score (nSPS) is 15.6. The molecule has 1 amide bonds. The van der Waals surface area contributed by atoms with Crippen LogP contribution in [-0.2, 0) is 11.3 Å². The summed E-state index contributed by atoms with van der Waals surface area (Å²) in [6.07, 6.45) is 1.41. The van der Waals surface area contributed by atoms with Crippen molar-refractivity contribution in [2.24, 2.45) is 5.92 Å². The van der Waals surface area contributed by atoms with Crippen LogP contribution in [0.15, 0.2) is 41.2 Å². The lowest BCUT2D eigenvalue weighted by Crippen LogP contribution is -2.38. The number of piperidine rings is 1. The van der Waals surface area contributed by atoms with Gasteiger partial charge in [-0.1, -0.05) is 29.0 Å². The molecule has 0 saturated carbocycles. The number of nitrogens with zero attached hydrogens (tertiary/aromatic N) is 2. The molecule has 1 aliphatic heterocycles. The molecule has 164 valence electrons. The van der Waals surface area contributed by atoms with Gasteiger partial charge in [0, 0.05) is 34.8 Å². The number of likely N-dealkylation sites (tertiary alicyclic amines) is 1. The van der Waals surface area contributed by atoms with E-state index in [-0.39, 0.29) is 28.6 Å². The Hall–Kier alpha value is -2.22. The van der Waals surface area contributed by atoms with E-state index in [1.807, 2.05) is 32.0 Å². The Kier molecular flexibility index (Phi) is 6.46. The van der Waals surface area contributed by atoms with Gasteiger partial charge in [-0.15, -0.1) is 0 Å². The van der Waals surface area contributed by atoms with Crippen LogP contribution in [0.2, 0.25) is 5.02 Å². The van der Waals surface area contributed by atoms with Gasteiger partial charge in [-0.3, -0.25) is 19.1 Å². The number of fused-ring (bicyclic) bond motifs is 1. The van der Waals surface area contributed by atoms with Crippen molar-refractivity contribution in [3.8, 4) is 0 Å². The molecule has 0 unspecified atom stereocenters. The molecule has 0 radical (unpaired) electrons. The second-order valence-corrected chi connectivity index (χ2v) is 9.65. The van der Waals surface area contributed by atoms with Gasteiger partial charge < -0.3 is 5.32 Å². The van der Waals surface area contributed by atoms with Gasteiger partial charge in [-0.25, -0.2) is 4.39 Å². The summed E-state index contributed by atoms with van der Waals surface area (Å²) in [5.41, 5.74) is 2.10. The van der Waals surface area contributed by atoms with Gasteiger partial charge in [0.15, 0.2) is 0 Å². The third-order valence-electron chi connectivity index (χ3n) is 5.80. The molecule has 4 rings (SSSR count). The fourth-order valence-corrected chi connectivity index (χ4v) is 5.38. The summed E-state index contributed by atoms with van der Waals surface area (Å²) in [7, 11) is 0. The molecule has 1 fully saturated rings. The first-order valence-corrected chi connectivity index (χ1v) is 11.6. The molecule has 0 bridgehead atoms. The molecule has 0 atom stereocenters. The van der Waals surface area contributed by atoms with Crippen molar-refractivity contribution < 1.29 is 9.18 Å². The molecule has 2 aromatic carbocycles. The van der Waals surface area contributed by atoms with Crippen LogP contribution in [0.1, 0.15) is 38.3 Å².